The van der Waals surface area contributed by atoms with Crippen LogP contribution in [0.1, 0.15) is 12.5 Å². The van der Waals surface area contributed by atoms with Crippen LogP contribution in [-0.4, -0.2) is 6.04 Å². The molecule has 13 heavy (non-hydrogen) atoms. The summed E-state index contributed by atoms with van der Waals surface area (Å²) in [6.45, 7) is 3.75. The number of anilines is 1. The Bertz CT molecular complexity index is 321. The van der Waals surface area contributed by atoms with Crippen LogP contribution in [0.15, 0.2) is 18.2 Å². The van der Waals surface area contributed by atoms with Crippen molar-refractivity contribution >= 4 is 17.3 Å². The molecule has 0 saturated heterocycles. The molecule has 1 rings (SSSR count). The summed E-state index contributed by atoms with van der Waals surface area (Å²) in [4.78, 5) is 0. The van der Waals surface area contributed by atoms with E-state index in [0.29, 0.717) is 5.02 Å². The molecule has 68 valence electrons. The van der Waals surface area contributed by atoms with Crippen LogP contribution < -0.4 is 5.32 Å². The van der Waals surface area contributed by atoms with Gasteiger partial charge in [0.15, 0.2) is 0 Å². The zero-order valence-corrected chi connectivity index (χ0v) is 8.39. The summed E-state index contributed by atoms with van der Waals surface area (Å²) in [7, 11) is 0. The molecule has 0 spiro atoms. The van der Waals surface area contributed by atoms with Crippen LogP contribution in [0.4, 0.5) is 5.69 Å². The molecule has 1 aromatic rings. The molecule has 2 nitrogen and oxygen atoms in total. The standard InChI is InChI=1S/C10H11ClN2/c1-7-4-3-5-9(11)10(7)13-8(2)6-12/h3-5,8,13H,1-2H3. The largest absolute Gasteiger partial charge is 0.369 e. The molecule has 1 N–H and O–H groups in total. The Labute approximate surface area is 83.1 Å². The topological polar surface area (TPSA) is 35.8 Å². The quantitative estimate of drug-likeness (QED) is 0.786. The lowest BCUT2D eigenvalue weighted by molar-refractivity contribution is 1.01. The van der Waals surface area contributed by atoms with E-state index in [1.54, 1.807) is 13.0 Å². The second kappa shape index (κ2) is 4.15. The number of hydrogen-bond acceptors (Lipinski definition) is 2. The molecule has 0 fully saturated rings. The highest BCUT2D eigenvalue weighted by Gasteiger charge is 2.05. The molecule has 3 heteroatoms. The van der Waals surface area contributed by atoms with Gasteiger partial charge in [-0.05, 0) is 25.5 Å². The van der Waals surface area contributed by atoms with E-state index in [0.717, 1.165) is 11.3 Å². The SMILES string of the molecule is Cc1cccc(Cl)c1NC(C)C#N. The van der Waals surface area contributed by atoms with Crippen molar-refractivity contribution in [3.63, 3.8) is 0 Å². The third kappa shape index (κ3) is 2.37. The van der Waals surface area contributed by atoms with Gasteiger partial charge in [0.1, 0.15) is 6.04 Å². The molecule has 0 amide bonds. The van der Waals surface area contributed by atoms with Gasteiger partial charge < -0.3 is 5.32 Å². The van der Waals surface area contributed by atoms with Crippen LogP contribution in [0.3, 0.4) is 0 Å². The minimum Gasteiger partial charge on any atom is -0.369 e. The molecule has 1 unspecified atom stereocenters. The van der Waals surface area contributed by atoms with E-state index in [1.807, 2.05) is 19.1 Å². The van der Waals surface area contributed by atoms with Gasteiger partial charge in [-0.2, -0.15) is 5.26 Å². The van der Waals surface area contributed by atoms with E-state index >= 15 is 0 Å². The molecule has 0 bridgehead atoms. The monoisotopic (exact) mass is 194 g/mol. The Morgan fingerprint density at radius 1 is 1.54 bits per heavy atom. The molecule has 0 aliphatic heterocycles. The Kier molecular flexibility index (Phi) is 3.16. The van der Waals surface area contributed by atoms with E-state index in [1.165, 1.54) is 0 Å². The van der Waals surface area contributed by atoms with Gasteiger partial charge in [-0.15, -0.1) is 0 Å². The zero-order valence-electron chi connectivity index (χ0n) is 7.63. The highest BCUT2D eigenvalue weighted by Crippen LogP contribution is 2.25. The van der Waals surface area contributed by atoms with Crippen molar-refractivity contribution in [2.45, 2.75) is 19.9 Å². The van der Waals surface area contributed by atoms with E-state index in [2.05, 4.69) is 11.4 Å². The van der Waals surface area contributed by atoms with Crippen molar-refractivity contribution in [2.24, 2.45) is 0 Å². The minimum atomic E-state index is -0.224. The van der Waals surface area contributed by atoms with Crippen molar-refractivity contribution in [3.8, 4) is 6.07 Å². The second-order valence-electron chi connectivity index (χ2n) is 2.93. The predicted molar refractivity (Wildman–Crippen MR) is 54.9 cm³/mol. The second-order valence-corrected chi connectivity index (χ2v) is 3.33. The van der Waals surface area contributed by atoms with Crippen molar-refractivity contribution in [1.29, 1.82) is 5.26 Å². The summed E-state index contributed by atoms with van der Waals surface area (Å²) < 4.78 is 0. The summed E-state index contributed by atoms with van der Waals surface area (Å²) in [6, 6.07) is 7.53. The maximum Gasteiger partial charge on any atom is 0.111 e. The molecule has 1 aromatic carbocycles. The summed E-state index contributed by atoms with van der Waals surface area (Å²) in [5.41, 5.74) is 1.90. The average Bonchev–Trinajstić information content (AvgIpc) is 2.11. The Balaban J connectivity index is 2.95. The number of nitriles is 1. The molecule has 0 aliphatic carbocycles. The predicted octanol–water partition coefficient (Wildman–Crippen LogP) is 2.97. The maximum absolute atomic E-state index is 8.62. The first kappa shape index (κ1) is 9.88. The molecule has 0 radical (unpaired) electrons. The smallest absolute Gasteiger partial charge is 0.111 e. The lowest BCUT2D eigenvalue weighted by Crippen LogP contribution is -2.13. The van der Waals surface area contributed by atoms with E-state index in [9.17, 15) is 0 Å². The van der Waals surface area contributed by atoms with Gasteiger partial charge in [-0.1, -0.05) is 23.7 Å². The summed E-state index contributed by atoms with van der Waals surface area (Å²) in [5, 5.41) is 12.3. The third-order valence-electron chi connectivity index (χ3n) is 1.78. The van der Waals surface area contributed by atoms with Gasteiger partial charge in [0, 0.05) is 0 Å². The molecule has 0 aromatic heterocycles. The van der Waals surface area contributed by atoms with E-state index in [4.69, 9.17) is 16.9 Å². The number of rotatable bonds is 2. The summed E-state index contributed by atoms with van der Waals surface area (Å²) in [6.07, 6.45) is 0. The fourth-order valence-electron chi connectivity index (χ4n) is 1.06. The van der Waals surface area contributed by atoms with Gasteiger partial charge >= 0.3 is 0 Å². The number of aryl methyl sites for hydroxylation is 1. The number of nitrogens with zero attached hydrogens (tertiary/aromatic N) is 1. The van der Waals surface area contributed by atoms with Gasteiger partial charge in [-0.25, -0.2) is 0 Å². The van der Waals surface area contributed by atoms with Crippen molar-refractivity contribution < 1.29 is 0 Å². The normalized spacial score (nSPS) is 11.8. The number of benzene rings is 1. The molecule has 0 heterocycles. The minimum absolute atomic E-state index is 0.224. The maximum atomic E-state index is 8.62. The summed E-state index contributed by atoms with van der Waals surface area (Å²) >= 11 is 5.96. The Morgan fingerprint density at radius 3 is 2.77 bits per heavy atom. The third-order valence-corrected chi connectivity index (χ3v) is 2.09. The van der Waals surface area contributed by atoms with E-state index < -0.39 is 0 Å². The number of para-hydroxylation sites is 1. The van der Waals surface area contributed by atoms with Crippen molar-refractivity contribution in [3.05, 3.63) is 28.8 Å². The van der Waals surface area contributed by atoms with Crippen molar-refractivity contribution in [2.75, 3.05) is 5.32 Å². The Morgan fingerprint density at radius 2 is 2.23 bits per heavy atom. The lowest BCUT2D eigenvalue weighted by Gasteiger charge is -2.12. The lowest BCUT2D eigenvalue weighted by atomic mass is 10.2. The van der Waals surface area contributed by atoms with Gasteiger partial charge in [0.25, 0.3) is 0 Å². The van der Waals surface area contributed by atoms with Crippen LogP contribution in [-0.2, 0) is 0 Å². The molecule has 1 atom stereocenters. The highest BCUT2D eigenvalue weighted by molar-refractivity contribution is 6.33. The first-order valence-corrected chi connectivity index (χ1v) is 4.44. The fraction of sp³-hybridized carbons (Fsp3) is 0.300. The molecule has 0 saturated carbocycles. The number of hydrogen-bond donors (Lipinski definition) is 1. The van der Waals surface area contributed by atoms with Gasteiger partial charge in [0.05, 0.1) is 16.8 Å². The van der Waals surface area contributed by atoms with E-state index in [-0.39, 0.29) is 6.04 Å². The van der Waals surface area contributed by atoms with Gasteiger partial charge in [0.2, 0.25) is 0 Å². The van der Waals surface area contributed by atoms with Crippen LogP contribution in [0.25, 0.3) is 0 Å². The first-order valence-electron chi connectivity index (χ1n) is 4.06. The van der Waals surface area contributed by atoms with Crippen LogP contribution >= 0.6 is 11.6 Å². The molecule has 0 aliphatic rings. The van der Waals surface area contributed by atoms with Gasteiger partial charge in [-0.3, -0.25) is 0 Å². The number of nitrogens with one attached hydrogen (secondary N) is 1. The zero-order chi connectivity index (χ0) is 9.84. The van der Waals surface area contributed by atoms with Crippen LogP contribution in [0.5, 0.6) is 0 Å². The Hall–Kier alpha value is -1.20. The number of halogens is 1. The van der Waals surface area contributed by atoms with Crippen LogP contribution in [0, 0.1) is 18.3 Å². The van der Waals surface area contributed by atoms with Crippen molar-refractivity contribution in [1.82, 2.24) is 0 Å². The molecular weight excluding hydrogens is 184 g/mol. The summed E-state index contributed by atoms with van der Waals surface area (Å²) in [5.74, 6) is 0. The highest BCUT2D eigenvalue weighted by atomic mass is 35.5. The average molecular weight is 195 g/mol. The van der Waals surface area contributed by atoms with Crippen LogP contribution in [0.2, 0.25) is 5.02 Å². The first-order chi connectivity index (χ1) is 6.15. The fourth-order valence-corrected chi connectivity index (χ4v) is 1.34. The molecular formula is C10H11ClN2.